The van der Waals surface area contributed by atoms with E-state index in [0.717, 1.165) is 43.2 Å². The largest absolute Gasteiger partial charge is 0.374 e. The van der Waals surface area contributed by atoms with Crippen LogP contribution in [0.15, 0.2) is 161 Å². The number of ether oxygens (including phenoxy) is 9. The van der Waals surface area contributed by atoms with Crippen LogP contribution in [0.3, 0.4) is 0 Å². The molecule has 0 aliphatic carbocycles. The lowest BCUT2D eigenvalue weighted by Gasteiger charge is -2.55. The summed E-state index contributed by atoms with van der Waals surface area (Å²) in [5.74, 6) is -1.68. The van der Waals surface area contributed by atoms with Crippen molar-refractivity contribution in [3.63, 3.8) is 0 Å². The SMILES string of the molecule is C[C@@H]1C[C@H](OCc2ccc(Br)cc2)[C@@H](COCc2ccc(Br)cc2)O[C@H]2C[C@@]3(O)O[C@H]4C/C=C\C[C@@H](OCc5ccccc5)[C@H](COCc5ccccc5)O[C@@H]4C[C@@H](OCc4ccccc4)[C@]3(C)O[C@@H]2C1. The summed E-state index contributed by atoms with van der Waals surface area (Å²) in [6.45, 7) is 6.74. The Kier molecular flexibility index (Phi) is 18.5. The van der Waals surface area contributed by atoms with Gasteiger partial charge in [-0.1, -0.05) is 166 Å². The third-order valence-corrected chi connectivity index (χ3v) is 15.5. The summed E-state index contributed by atoms with van der Waals surface area (Å²) in [7, 11) is 0. The van der Waals surface area contributed by atoms with Crippen LogP contribution in [0.25, 0.3) is 0 Å². The molecule has 5 aromatic carbocycles. The Morgan fingerprint density at radius 3 is 1.58 bits per heavy atom. The molecule has 4 aliphatic heterocycles. The van der Waals surface area contributed by atoms with Gasteiger partial charge in [-0.2, -0.15) is 0 Å². The molecule has 12 heteroatoms. The zero-order valence-electron chi connectivity index (χ0n) is 40.8. The molecule has 0 aromatic heterocycles. The maximum absolute atomic E-state index is 13.5. The van der Waals surface area contributed by atoms with Crippen molar-refractivity contribution >= 4 is 31.9 Å². The predicted octanol–water partition coefficient (Wildman–Crippen LogP) is 12.0. The van der Waals surface area contributed by atoms with Crippen LogP contribution in [0.2, 0.25) is 0 Å². The van der Waals surface area contributed by atoms with E-state index in [1.54, 1.807) is 0 Å². The highest BCUT2D eigenvalue weighted by Crippen LogP contribution is 2.50. The molecule has 9 rings (SSSR count). The van der Waals surface area contributed by atoms with Gasteiger partial charge in [0.2, 0.25) is 0 Å². The van der Waals surface area contributed by atoms with E-state index in [4.69, 9.17) is 42.6 Å². The number of benzene rings is 5. The van der Waals surface area contributed by atoms with Crippen molar-refractivity contribution < 1.29 is 47.7 Å². The van der Waals surface area contributed by atoms with Crippen LogP contribution in [-0.4, -0.2) is 84.6 Å². The van der Waals surface area contributed by atoms with Crippen molar-refractivity contribution in [3.05, 3.63) is 188 Å². The monoisotopic (exact) mass is 1090 g/mol. The highest BCUT2D eigenvalue weighted by Gasteiger charge is 2.65. The Morgan fingerprint density at radius 1 is 0.507 bits per heavy atom. The molecule has 1 N–H and O–H groups in total. The summed E-state index contributed by atoms with van der Waals surface area (Å²) in [5, 5.41) is 13.5. The minimum Gasteiger partial charge on any atom is -0.374 e. The number of aliphatic hydroxyl groups is 1. The molecule has 0 saturated carbocycles. The smallest absolute Gasteiger partial charge is 0.200 e. The Bertz CT molecular complexity index is 2390. The van der Waals surface area contributed by atoms with Crippen molar-refractivity contribution in [3.8, 4) is 0 Å². The van der Waals surface area contributed by atoms with E-state index in [0.29, 0.717) is 58.7 Å². The molecule has 0 amide bonds. The predicted molar refractivity (Wildman–Crippen MR) is 279 cm³/mol. The van der Waals surface area contributed by atoms with Gasteiger partial charge in [0.15, 0.2) is 5.79 Å². The molecule has 5 aromatic rings. The molecule has 71 heavy (non-hydrogen) atoms. The molecule has 4 heterocycles. The number of fused-ring (bicyclic) bond motifs is 3. The molecule has 0 unspecified atom stereocenters. The summed E-state index contributed by atoms with van der Waals surface area (Å²) >= 11 is 7.12. The maximum Gasteiger partial charge on any atom is 0.200 e. The minimum atomic E-state index is -1.86. The van der Waals surface area contributed by atoms with Gasteiger partial charge >= 0.3 is 0 Å². The lowest BCUT2D eigenvalue weighted by Crippen LogP contribution is -2.70. The summed E-state index contributed by atoms with van der Waals surface area (Å²) < 4.78 is 64.6. The van der Waals surface area contributed by atoms with Gasteiger partial charge in [0.05, 0.1) is 89.0 Å². The highest BCUT2D eigenvalue weighted by molar-refractivity contribution is 9.10. The molecule has 12 atom stereocenters. The van der Waals surface area contributed by atoms with Crippen LogP contribution >= 0.6 is 31.9 Å². The third kappa shape index (κ3) is 14.0. The Morgan fingerprint density at radius 2 is 0.986 bits per heavy atom. The molecule has 0 radical (unpaired) electrons. The summed E-state index contributed by atoms with van der Waals surface area (Å²) in [4.78, 5) is 0. The molecular weight excluding hydrogens is 1030 g/mol. The number of hydrogen-bond acceptors (Lipinski definition) is 10. The maximum atomic E-state index is 13.5. The summed E-state index contributed by atoms with van der Waals surface area (Å²) in [6.07, 6.45) is 2.98. The van der Waals surface area contributed by atoms with Crippen LogP contribution < -0.4 is 0 Å². The summed E-state index contributed by atoms with van der Waals surface area (Å²) in [5.41, 5.74) is 3.95. The van der Waals surface area contributed by atoms with Crippen LogP contribution in [0.4, 0.5) is 0 Å². The fraction of sp³-hybridized carbons (Fsp3) is 0.458. The molecule has 4 aliphatic rings. The average molecular weight is 1100 g/mol. The fourth-order valence-corrected chi connectivity index (χ4v) is 10.9. The Hall–Kier alpha value is -3.60. The van der Waals surface area contributed by atoms with E-state index in [1.165, 1.54) is 0 Å². The van der Waals surface area contributed by atoms with E-state index in [2.05, 4.69) is 112 Å². The zero-order chi connectivity index (χ0) is 49.0. The first-order valence-corrected chi connectivity index (χ1v) is 26.8. The molecule has 0 bridgehead atoms. The topological polar surface area (TPSA) is 103 Å². The molecule has 10 nitrogen and oxygen atoms in total. The van der Waals surface area contributed by atoms with Gasteiger partial charge in [-0.25, -0.2) is 0 Å². The van der Waals surface area contributed by atoms with Gasteiger partial charge in [-0.15, -0.1) is 0 Å². The van der Waals surface area contributed by atoms with Crippen LogP contribution in [0, 0.1) is 5.92 Å². The number of hydrogen-bond donors (Lipinski definition) is 1. The van der Waals surface area contributed by atoms with Crippen LogP contribution in [0.1, 0.15) is 80.2 Å². The Balaban J connectivity index is 1.01. The lowest BCUT2D eigenvalue weighted by molar-refractivity contribution is -0.393. The van der Waals surface area contributed by atoms with Crippen molar-refractivity contribution in [2.75, 3.05) is 13.2 Å². The quantitative estimate of drug-likeness (QED) is 0.0906. The Labute approximate surface area is 436 Å². The molecule has 0 spiro atoms. The average Bonchev–Trinajstić information content (AvgIpc) is 3.40. The second-order valence-electron chi connectivity index (χ2n) is 19.8. The van der Waals surface area contributed by atoms with Gasteiger partial charge < -0.3 is 47.7 Å². The van der Waals surface area contributed by atoms with Crippen molar-refractivity contribution in [2.45, 2.75) is 152 Å². The van der Waals surface area contributed by atoms with E-state index >= 15 is 0 Å². The second-order valence-corrected chi connectivity index (χ2v) is 21.7. The number of rotatable bonds is 17. The van der Waals surface area contributed by atoms with Gasteiger partial charge in [0.25, 0.3) is 0 Å². The van der Waals surface area contributed by atoms with Gasteiger partial charge in [-0.05, 0) is 90.6 Å². The first kappa shape index (κ1) is 52.3. The molecule has 378 valence electrons. The molecular formula is C59H68Br2O10. The van der Waals surface area contributed by atoms with Crippen molar-refractivity contribution in [1.29, 1.82) is 0 Å². The van der Waals surface area contributed by atoms with Crippen LogP contribution in [-0.2, 0) is 75.7 Å². The highest BCUT2D eigenvalue weighted by atomic mass is 79.9. The van der Waals surface area contributed by atoms with Gasteiger partial charge in [-0.3, -0.25) is 0 Å². The minimum absolute atomic E-state index is 0.133. The van der Waals surface area contributed by atoms with Gasteiger partial charge in [0.1, 0.15) is 17.8 Å². The zero-order valence-corrected chi connectivity index (χ0v) is 43.9. The van der Waals surface area contributed by atoms with Crippen LogP contribution in [0.5, 0.6) is 0 Å². The van der Waals surface area contributed by atoms with E-state index < -0.39 is 54.1 Å². The molecule has 3 saturated heterocycles. The first-order valence-electron chi connectivity index (χ1n) is 25.2. The van der Waals surface area contributed by atoms with Gasteiger partial charge in [0, 0.05) is 21.8 Å². The lowest BCUT2D eigenvalue weighted by atomic mass is 9.77. The summed E-state index contributed by atoms with van der Waals surface area (Å²) in [6, 6.07) is 46.8. The molecule has 3 fully saturated rings. The standard InChI is InChI=1S/C59H68Br2O10/c1-41-30-51(66-37-46-24-28-48(61)29-25-46)56(40-64-35-45-22-26-47(60)27-23-45)69-54-33-59(62)58(2,70-53(54)31-41)57(67-38-44-18-10-5-11-19-44)32-52-50(71-59)21-13-12-20-49(65-36-43-16-8-4-9-17-43)55(68-52)39-63-34-42-14-6-3-7-15-42/h3-19,22-29,41,49-57,62H,20-21,30-40H2,1-2H3/b13-12-/t41-,49-,50+,51+,52-,53-,54+,55+,56-,57-,58+,59-/m1/s1. The fourth-order valence-electron chi connectivity index (χ4n) is 10.4. The first-order chi connectivity index (χ1) is 34.6. The second kappa shape index (κ2) is 25.1. The van der Waals surface area contributed by atoms with Crippen molar-refractivity contribution in [2.24, 2.45) is 5.92 Å². The number of halogens is 2. The van der Waals surface area contributed by atoms with E-state index in [9.17, 15) is 5.11 Å². The van der Waals surface area contributed by atoms with E-state index in [1.807, 2.05) is 85.8 Å². The van der Waals surface area contributed by atoms with Crippen molar-refractivity contribution in [1.82, 2.24) is 0 Å². The van der Waals surface area contributed by atoms with E-state index in [-0.39, 0.29) is 37.8 Å². The normalized spacial score (nSPS) is 31.5. The third-order valence-electron chi connectivity index (χ3n) is 14.4.